The van der Waals surface area contributed by atoms with Gasteiger partial charge in [-0.05, 0) is 120 Å². The number of thioether (sulfide) groups is 2. The van der Waals surface area contributed by atoms with Crippen LogP contribution in [0, 0.1) is 23.5 Å². The fourth-order valence-electron chi connectivity index (χ4n) is 13.9. The molecule has 2 aliphatic heterocycles. The smallest absolute Gasteiger partial charge is 0.305 e. The predicted octanol–water partition coefficient (Wildman–Crippen LogP) is 3.59. The van der Waals surface area contributed by atoms with Gasteiger partial charge < -0.3 is 84.1 Å². The summed E-state index contributed by atoms with van der Waals surface area (Å²) < 4.78 is 29.9. The van der Waals surface area contributed by atoms with Crippen LogP contribution in [-0.4, -0.2) is 180 Å². The molecule has 3 aromatic heterocycles. The van der Waals surface area contributed by atoms with Gasteiger partial charge in [-0.2, -0.15) is 23.5 Å². The van der Waals surface area contributed by atoms with Crippen LogP contribution in [0.5, 0.6) is 5.75 Å². The highest BCUT2D eigenvalue weighted by Crippen LogP contribution is 2.38. The molecular formula is C74H89F2N15O13S2. The van der Waals surface area contributed by atoms with E-state index in [0.717, 1.165) is 43.2 Å². The molecule has 3 aliphatic rings. The maximum atomic E-state index is 15.6. The number of benzene rings is 4. The van der Waals surface area contributed by atoms with Crippen LogP contribution in [0.4, 0.5) is 8.78 Å². The zero-order chi connectivity index (χ0) is 75.4. The number of aromatic amines is 3. The lowest BCUT2D eigenvalue weighted by Crippen LogP contribution is -2.61. The van der Waals surface area contributed by atoms with Gasteiger partial charge >= 0.3 is 5.97 Å². The summed E-state index contributed by atoms with van der Waals surface area (Å²) in [6.45, 7) is -0.347. The van der Waals surface area contributed by atoms with Crippen molar-refractivity contribution in [3.05, 3.63) is 155 Å². The van der Waals surface area contributed by atoms with Crippen molar-refractivity contribution in [2.24, 2.45) is 23.3 Å². The monoisotopic (exact) mass is 1500 g/mol. The standard InChI is InChI=1S/C74H89F2N15O13S2/c75-48-14-18-54-52(28-48)45(32-80-54)25-57-69(99)86-58(26-46-33-81-55-19-15-49(76)29-53(46)55)70(100)88-60(31-66(95)96)72(102)87-59(30-50-34-79-40-83-50)71(101)89-61(24-41-12-16-51(92)17-13-41)74(104)91-36-47(44-9-2-1-3-10-44)27-63(91)73(103)90-62(67(78)97)39-106-38-43-8-6-7-42(23-43)37-105-22-20-64(93)84-56(11-4-5-21-77)68(98)82-35-65(94)85-57/h6-8,12-19,23,28-29,32-34,40,44,47,56-63,80-81,92H,1-5,9-11,20-22,24-27,30-31,35-39,77H2,(H2,78,97)(H,79,83)(H,82,98)(H,84,93)(H,85,94)(H,86,99)(H,87,102)(H,88,100)(H,89,101)(H,90,103)(H,95,96)/t47-,56+,57+,58+,59+,60+,61+,62+,63+/m1/s1. The SMILES string of the molecule is NCCCC[C@@H]1NC(=O)CCSCc2cccc(c2)CSC[C@@H](C(N)=O)NC(=O)[C@@H]2C[C@@H](C3CCCCC3)CN2C(=O)[C@H](Cc2ccc(O)cc2)NC(=O)[C@H](Cc2cnc[nH]2)NC(=O)[C@H](CC(=O)O)NC(=O)[C@H](Cc2c[nH]c3ccc(F)cc23)NC(=O)[C@H](Cc2c[nH]c3ccc(F)cc23)NC(=O)CNC1=O. The van der Waals surface area contributed by atoms with Crippen LogP contribution in [0.15, 0.2) is 110 Å². The number of halogens is 2. The molecule has 10 rings (SSSR count). The summed E-state index contributed by atoms with van der Waals surface area (Å²) in [6.07, 6.45) is 8.91. The molecule has 1 saturated carbocycles. The number of amides is 10. The number of H-pyrrole nitrogens is 3. The fourth-order valence-corrected chi connectivity index (χ4v) is 15.8. The number of aromatic nitrogens is 4. The first-order chi connectivity index (χ1) is 51.0. The minimum absolute atomic E-state index is 0.0118. The topological polar surface area (TPSA) is 440 Å². The van der Waals surface area contributed by atoms with E-state index in [2.05, 4.69) is 62.5 Å². The van der Waals surface area contributed by atoms with Gasteiger partial charge in [-0.1, -0.05) is 68.5 Å². The maximum absolute atomic E-state index is 15.6. The highest BCUT2D eigenvalue weighted by Gasteiger charge is 2.46. The number of rotatable bonds is 16. The van der Waals surface area contributed by atoms with E-state index in [1.165, 1.54) is 114 Å². The van der Waals surface area contributed by atoms with E-state index in [-0.39, 0.29) is 85.1 Å². The van der Waals surface area contributed by atoms with Gasteiger partial charge in [0.05, 0.1) is 19.3 Å². The second-order valence-corrected chi connectivity index (χ2v) is 29.3. The number of phenols is 1. The van der Waals surface area contributed by atoms with E-state index in [0.29, 0.717) is 64.2 Å². The van der Waals surface area contributed by atoms with Gasteiger partial charge in [0.1, 0.15) is 65.7 Å². The van der Waals surface area contributed by atoms with Gasteiger partial charge in [0, 0.05) is 108 Å². The number of aromatic hydroxyl groups is 1. The average molecular weight is 1500 g/mol. The van der Waals surface area contributed by atoms with E-state index < -0.39 is 144 Å². The first-order valence-corrected chi connectivity index (χ1v) is 37.7. The second-order valence-electron chi connectivity index (χ2n) is 27.2. The van der Waals surface area contributed by atoms with Crippen molar-refractivity contribution in [1.29, 1.82) is 0 Å². The lowest BCUT2D eigenvalue weighted by atomic mass is 9.79. The number of unbranched alkanes of at least 4 members (excludes halogenated alkanes) is 1. The summed E-state index contributed by atoms with van der Waals surface area (Å²) in [5, 5.41) is 42.6. The first kappa shape index (κ1) is 78.3. The summed E-state index contributed by atoms with van der Waals surface area (Å²) in [5.74, 6) is -10.5. The molecule has 564 valence electrons. The van der Waals surface area contributed by atoms with Crippen molar-refractivity contribution in [2.45, 2.75) is 156 Å². The Balaban J connectivity index is 0.995. The van der Waals surface area contributed by atoms with Crippen molar-refractivity contribution < 1.29 is 71.7 Å². The minimum atomic E-state index is -2.05. The first-order valence-electron chi connectivity index (χ1n) is 35.4. The number of nitrogens with two attached hydrogens (primary N) is 2. The van der Waals surface area contributed by atoms with E-state index in [1.807, 2.05) is 24.3 Å². The third-order valence-electron chi connectivity index (χ3n) is 19.4. The van der Waals surface area contributed by atoms with Crippen LogP contribution >= 0.6 is 23.5 Å². The quantitative estimate of drug-likeness (QED) is 0.0615. The fraction of sp³-hybridized carbons (Fsp3) is 0.432. The normalized spacial score (nSPS) is 23.3. The van der Waals surface area contributed by atoms with Gasteiger partial charge in [-0.3, -0.25) is 52.7 Å². The molecule has 28 nitrogen and oxygen atoms in total. The highest BCUT2D eigenvalue weighted by atomic mass is 32.2. The molecule has 0 radical (unpaired) electrons. The summed E-state index contributed by atoms with van der Waals surface area (Å²) in [4.78, 5) is 173. The van der Waals surface area contributed by atoms with Crippen molar-refractivity contribution in [3.63, 3.8) is 0 Å². The number of phenolic OH excluding ortho intramolecular Hbond substituents is 1. The van der Waals surface area contributed by atoms with Crippen LogP contribution in [0.25, 0.3) is 21.8 Å². The molecule has 17 N–H and O–H groups in total. The van der Waals surface area contributed by atoms with Crippen LogP contribution in [0.2, 0.25) is 0 Å². The number of carboxylic acid groups (broad SMARTS) is 1. The van der Waals surface area contributed by atoms with Gasteiger partial charge in [0.2, 0.25) is 59.1 Å². The minimum Gasteiger partial charge on any atom is -0.508 e. The molecule has 5 heterocycles. The number of carboxylic acids is 1. The van der Waals surface area contributed by atoms with Crippen molar-refractivity contribution in [2.75, 3.05) is 31.1 Å². The number of imidazole rings is 1. The highest BCUT2D eigenvalue weighted by molar-refractivity contribution is 7.98. The van der Waals surface area contributed by atoms with Crippen molar-refractivity contribution in [3.8, 4) is 5.75 Å². The molecule has 32 heteroatoms. The molecule has 106 heavy (non-hydrogen) atoms. The van der Waals surface area contributed by atoms with E-state index in [1.54, 1.807) is 0 Å². The van der Waals surface area contributed by atoms with E-state index in [9.17, 15) is 48.2 Å². The molecule has 2 bridgehead atoms. The Bertz CT molecular complexity index is 4290. The molecule has 4 aromatic carbocycles. The molecular weight excluding hydrogens is 1410 g/mol. The summed E-state index contributed by atoms with van der Waals surface area (Å²) in [7, 11) is 0. The Morgan fingerprint density at radius 2 is 1.20 bits per heavy atom. The summed E-state index contributed by atoms with van der Waals surface area (Å²) >= 11 is 2.82. The lowest BCUT2D eigenvalue weighted by Gasteiger charge is -2.31. The molecule has 0 spiro atoms. The zero-order valence-electron chi connectivity index (χ0n) is 58.2. The number of hydrogen-bond acceptors (Lipinski definition) is 16. The number of primary amides is 1. The van der Waals surface area contributed by atoms with Crippen LogP contribution in [0.3, 0.4) is 0 Å². The number of carbonyl (C=O) groups is 11. The molecule has 7 aromatic rings. The number of hydrogen-bond donors (Lipinski definition) is 15. The number of fused-ring (bicyclic) bond motifs is 5. The lowest BCUT2D eigenvalue weighted by molar-refractivity contribution is -0.143. The number of nitrogens with one attached hydrogen (secondary N) is 11. The van der Waals surface area contributed by atoms with Crippen LogP contribution in [0.1, 0.15) is 104 Å². The Kier molecular flexibility index (Phi) is 27.7. The van der Waals surface area contributed by atoms with E-state index >= 15 is 23.6 Å². The Hall–Kier alpha value is -10.3. The second kappa shape index (κ2) is 37.6. The molecule has 0 unspecified atom stereocenters. The van der Waals surface area contributed by atoms with Crippen molar-refractivity contribution >= 4 is 110 Å². The van der Waals surface area contributed by atoms with Crippen LogP contribution < -0.4 is 54.0 Å². The van der Waals surface area contributed by atoms with Gasteiger partial charge in [-0.25, -0.2) is 13.8 Å². The van der Waals surface area contributed by atoms with Crippen molar-refractivity contribution in [1.82, 2.24) is 67.4 Å². The third-order valence-corrected chi connectivity index (χ3v) is 21.5. The van der Waals surface area contributed by atoms with Gasteiger partial charge in [-0.15, -0.1) is 0 Å². The molecule has 10 amide bonds. The molecule has 9 atom stereocenters. The van der Waals surface area contributed by atoms with Gasteiger partial charge in [0.25, 0.3) is 0 Å². The third kappa shape index (κ3) is 21.9. The number of aliphatic carboxylic acids is 1. The Morgan fingerprint density at radius 1 is 0.604 bits per heavy atom. The molecule has 1 aliphatic carbocycles. The Labute approximate surface area is 617 Å². The average Bonchev–Trinajstić information content (AvgIpc) is 1.66. The zero-order valence-corrected chi connectivity index (χ0v) is 59.9. The number of carbonyl (C=O) groups excluding carboxylic acids is 10. The summed E-state index contributed by atoms with van der Waals surface area (Å²) in [6, 6.07) is 9.06. The molecule has 1 saturated heterocycles. The predicted molar refractivity (Wildman–Crippen MR) is 392 cm³/mol. The van der Waals surface area contributed by atoms with E-state index in [4.69, 9.17) is 11.5 Å². The number of nitrogens with zero attached hydrogens (tertiary/aromatic N) is 2. The van der Waals surface area contributed by atoms with Crippen LogP contribution in [-0.2, 0) is 89.9 Å². The summed E-state index contributed by atoms with van der Waals surface area (Å²) in [5.41, 5.74) is 15.8. The maximum Gasteiger partial charge on any atom is 0.305 e. The van der Waals surface area contributed by atoms with Gasteiger partial charge in [0.15, 0.2) is 0 Å². The molecule has 2 fully saturated rings. The largest absolute Gasteiger partial charge is 0.508 e. The Morgan fingerprint density at radius 3 is 1.81 bits per heavy atom.